The van der Waals surface area contributed by atoms with Gasteiger partial charge in [-0.05, 0) is 38.3 Å². The molecule has 2 heterocycles. The van der Waals surface area contributed by atoms with Crippen molar-refractivity contribution >= 4 is 17.7 Å². The number of thioether (sulfide) groups is 1. The van der Waals surface area contributed by atoms with Gasteiger partial charge in [-0.25, -0.2) is 0 Å². The lowest BCUT2D eigenvalue weighted by Gasteiger charge is -2.32. The Morgan fingerprint density at radius 1 is 1.19 bits per heavy atom. The van der Waals surface area contributed by atoms with E-state index in [9.17, 15) is 4.79 Å². The molecule has 1 amide bonds. The smallest absolute Gasteiger partial charge is 0.235 e. The number of aromatic nitrogens is 3. The van der Waals surface area contributed by atoms with Crippen LogP contribution in [0, 0.1) is 6.92 Å². The number of furan rings is 1. The first-order valence-electron chi connectivity index (χ1n) is 11.0. The number of carbonyl (C=O) groups is 1. The van der Waals surface area contributed by atoms with Crippen LogP contribution in [0.3, 0.4) is 0 Å². The molecule has 1 aliphatic carbocycles. The average molecular weight is 439 g/mol. The van der Waals surface area contributed by atoms with Crippen molar-refractivity contribution in [3.63, 3.8) is 0 Å². The zero-order valence-corrected chi connectivity index (χ0v) is 19.3. The standard InChI is InChI=1S/C24H30N4O2S/c1-17-21(14-15-30-17)22-25-26-24(28(22)16-19-10-6-4-7-11-19)31-18(2)23(29)27(3)20-12-8-5-9-13-20/h4,6-7,10-11,14-15,18,20H,5,8-9,12-13,16H2,1-3H3. The minimum absolute atomic E-state index is 0.159. The number of benzene rings is 1. The van der Waals surface area contributed by atoms with E-state index in [1.165, 1.54) is 31.0 Å². The molecule has 0 saturated heterocycles. The van der Waals surface area contributed by atoms with E-state index >= 15 is 0 Å². The van der Waals surface area contributed by atoms with Crippen LogP contribution in [0.2, 0.25) is 0 Å². The van der Waals surface area contributed by atoms with Crippen LogP contribution in [0.25, 0.3) is 11.4 Å². The molecule has 3 aromatic rings. The molecule has 0 aliphatic heterocycles. The highest BCUT2D eigenvalue weighted by Gasteiger charge is 2.28. The van der Waals surface area contributed by atoms with Crippen LogP contribution < -0.4 is 0 Å². The average Bonchev–Trinajstić information content (AvgIpc) is 3.39. The molecule has 1 unspecified atom stereocenters. The molecular formula is C24H30N4O2S. The lowest BCUT2D eigenvalue weighted by atomic mass is 9.94. The van der Waals surface area contributed by atoms with E-state index in [4.69, 9.17) is 4.42 Å². The van der Waals surface area contributed by atoms with Gasteiger partial charge in [-0.1, -0.05) is 61.4 Å². The fourth-order valence-corrected chi connectivity index (χ4v) is 5.19. The van der Waals surface area contributed by atoms with Gasteiger partial charge in [0.2, 0.25) is 5.91 Å². The van der Waals surface area contributed by atoms with Gasteiger partial charge in [-0.15, -0.1) is 10.2 Å². The fraction of sp³-hybridized carbons (Fsp3) is 0.458. The summed E-state index contributed by atoms with van der Waals surface area (Å²) in [5, 5.41) is 9.45. The van der Waals surface area contributed by atoms with Crippen molar-refractivity contribution in [3.8, 4) is 11.4 Å². The molecule has 1 aliphatic rings. The number of hydrogen-bond donors (Lipinski definition) is 0. The Bertz CT molecular complexity index is 1010. The molecule has 164 valence electrons. The maximum absolute atomic E-state index is 13.1. The Labute approximate surface area is 188 Å². The molecule has 1 saturated carbocycles. The van der Waals surface area contributed by atoms with Gasteiger partial charge >= 0.3 is 0 Å². The van der Waals surface area contributed by atoms with E-state index in [1.54, 1.807) is 6.26 Å². The predicted octanol–water partition coefficient (Wildman–Crippen LogP) is 5.17. The third-order valence-corrected chi connectivity index (χ3v) is 7.17. The Kier molecular flexibility index (Phi) is 6.80. The minimum Gasteiger partial charge on any atom is -0.469 e. The Hall–Kier alpha value is -2.54. The molecule has 6 nitrogen and oxygen atoms in total. The van der Waals surface area contributed by atoms with Crippen molar-refractivity contribution in [2.45, 2.75) is 68.9 Å². The second-order valence-electron chi connectivity index (χ2n) is 8.27. The highest BCUT2D eigenvalue weighted by atomic mass is 32.2. The van der Waals surface area contributed by atoms with E-state index in [-0.39, 0.29) is 11.2 Å². The summed E-state index contributed by atoms with van der Waals surface area (Å²) in [4.78, 5) is 15.1. The number of amides is 1. The van der Waals surface area contributed by atoms with Crippen molar-refractivity contribution < 1.29 is 9.21 Å². The van der Waals surface area contributed by atoms with Crippen molar-refractivity contribution in [1.82, 2.24) is 19.7 Å². The first-order chi connectivity index (χ1) is 15.0. The zero-order valence-electron chi connectivity index (χ0n) is 18.5. The molecular weight excluding hydrogens is 408 g/mol. The molecule has 0 spiro atoms. The number of aryl methyl sites for hydroxylation is 1. The number of hydrogen-bond acceptors (Lipinski definition) is 5. The number of nitrogens with zero attached hydrogens (tertiary/aromatic N) is 4. The summed E-state index contributed by atoms with van der Waals surface area (Å²) in [5.41, 5.74) is 2.08. The van der Waals surface area contributed by atoms with Gasteiger partial charge in [-0.3, -0.25) is 9.36 Å². The molecule has 2 aromatic heterocycles. The summed E-state index contributed by atoms with van der Waals surface area (Å²) in [6.45, 7) is 4.53. The number of carbonyl (C=O) groups excluding carboxylic acids is 1. The summed E-state index contributed by atoms with van der Waals surface area (Å²) in [6, 6.07) is 12.5. The summed E-state index contributed by atoms with van der Waals surface area (Å²) in [7, 11) is 1.95. The second kappa shape index (κ2) is 9.73. The van der Waals surface area contributed by atoms with Crippen LogP contribution in [-0.4, -0.2) is 43.9 Å². The summed E-state index contributed by atoms with van der Waals surface area (Å²) >= 11 is 1.48. The van der Waals surface area contributed by atoms with E-state index in [0.29, 0.717) is 12.6 Å². The van der Waals surface area contributed by atoms with Crippen LogP contribution in [-0.2, 0) is 11.3 Å². The predicted molar refractivity (Wildman–Crippen MR) is 123 cm³/mol. The van der Waals surface area contributed by atoms with Crippen LogP contribution in [0.4, 0.5) is 0 Å². The van der Waals surface area contributed by atoms with E-state index in [1.807, 2.05) is 50.1 Å². The van der Waals surface area contributed by atoms with Crippen LogP contribution in [0.5, 0.6) is 0 Å². The second-order valence-corrected chi connectivity index (χ2v) is 9.58. The Morgan fingerprint density at radius 2 is 1.94 bits per heavy atom. The van der Waals surface area contributed by atoms with Crippen molar-refractivity contribution in [3.05, 3.63) is 54.0 Å². The largest absolute Gasteiger partial charge is 0.469 e. The van der Waals surface area contributed by atoms with Gasteiger partial charge in [0.05, 0.1) is 23.6 Å². The maximum atomic E-state index is 13.1. The molecule has 0 N–H and O–H groups in total. The highest BCUT2D eigenvalue weighted by molar-refractivity contribution is 8.00. The molecule has 1 fully saturated rings. The maximum Gasteiger partial charge on any atom is 0.235 e. The Balaban J connectivity index is 1.58. The van der Waals surface area contributed by atoms with Crippen molar-refractivity contribution in [2.75, 3.05) is 7.05 Å². The molecule has 1 aromatic carbocycles. The van der Waals surface area contributed by atoms with Gasteiger partial charge in [0.1, 0.15) is 5.76 Å². The third-order valence-electron chi connectivity index (χ3n) is 6.10. The van der Waals surface area contributed by atoms with E-state index < -0.39 is 0 Å². The topological polar surface area (TPSA) is 64.2 Å². The van der Waals surface area contributed by atoms with E-state index in [0.717, 1.165) is 40.7 Å². The van der Waals surface area contributed by atoms with Crippen LogP contribution in [0.1, 0.15) is 50.4 Å². The summed E-state index contributed by atoms with van der Waals surface area (Å²) < 4.78 is 7.59. The van der Waals surface area contributed by atoms with Gasteiger partial charge in [0, 0.05) is 13.1 Å². The highest BCUT2D eigenvalue weighted by Crippen LogP contribution is 2.31. The normalized spacial score (nSPS) is 15.7. The van der Waals surface area contributed by atoms with Gasteiger partial charge in [0.25, 0.3) is 0 Å². The van der Waals surface area contributed by atoms with Gasteiger partial charge in [-0.2, -0.15) is 0 Å². The molecule has 0 radical (unpaired) electrons. The van der Waals surface area contributed by atoms with Crippen molar-refractivity contribution in [1.29, 1.82) is 0 Å². The van der Waals surface area contributed by atoms with Gasteiger partial charge in [0.15, 0.2) is 11.0 Å². The van der Waals surface area contributed by atoms with Crippen molar-refractivity contribution in [2.24, 2.45) is 0 Å². The lowest BCUT2D eigenvalue weighted by molar-refractivity contribution is -0.131. The van der Waals surface area contributed by atoms with Crippen LogP contribution >= 0.6 is 11.8 Å². The molecule has 0 bridgehead atoms. The number of rotatable bonds is 7. The first-order valence-corrected chi connectivity index (χ1v) is 11.9. The molecule has 31 heavy (non-hydrogen) atoms. The first kappa shape index (κ1) is 21.7. The lowest BCUT2D eigenvalue weighted by Crippen LogP contribution is -2.42. The summed E-state index contributed by atoms with van der Waals surface area (Å²) in [6.07, 6.45) is 7.58. The quantitative estimate of drug-likeness (QED) is 0.476. The molecule has 4 rings (SSSR count). The Morgan fingerprint density at radius 3 is 2.61 bits per heavy atom. The SMILES string of the molecule is Cc1occc1-c1nnc(SC(C)C(=O)N(C)C2CCCCC2)n1Cc1ccccc1. The fourth-order valence-electron chi connectivity index (χ4n) is 4.24. The summed E-state index contributed by atoms with van der Waals surface area (Å²) in [5.74, 6) is 1.73. The van der Waals surface area contributed by atoms with Crippen LogP contribution in [0.15, 0.2) is 52.2 Å². The molecule has 1 atom stereocenters. The third kappa shape index (κ3) is 4.87. The zero-order chi connectivity index (χ0) is 21.8. The van der Waals surface area contributed by atoms with Gasteiger partial charge < -0.3 is 9.32 Å². The van der Waals surface area contributed by atoms with E-state index in [2.05, 4.69) is 26.9 Å². The minimum atomic E-state index is -0.232. The molecule has 7 heteroatoms. The monoisotopic (exact) mass is 438 g/mol.